The highest BCUT2D eigenvalue weighted by Crippen LogP contribution is 2.34. The first-order valence-electron chi connectivity index (χ1n) is 9.37. The van der Waals surface area contributed by atoms with Crippen molar-refractivity contribution in [3.63, 3.8) is 0 Å². The molecule has 1 saturated carbocycles. The summed E-state index contributed by atoms with van der Waals surface area (Å²) in [6, 6.07) is 4.26. The van der Waals surface area contributed by atoms with E-state index in [2.05, 4.69) is 10.5 Å². The van der Waals surface area contributed by atoms with E-state index >= 15 is 0 Å². The molecule has 1 aromatic carbocycles. The van der Waals surface area contributed by atoms with E-state index in [-0.39, 0.29) is 36.0 Å². The molecule has 1 aliphatic carbocycles. The molecular formula is C20H26FN3O4. The van der Waals surface area contributed by atoms with Crippen molar-refractivity contribution >= 4 is 11.7 Å². The smallest absolute Gasteiger partial charge is 0.259 e. The van der Waals surface area contributed by atoms with Gasteiger partial charge in [0, 0.05) is 32.3 Å². The number of benzene rings is 1. The van der Waals surface area contributed by atoms with Crippen molar-refractivity contribution in [1.29, 1.82) is 0 Å². The van der Waals surface area contributed by atoms with Crippen LogP contribution in [0.5, 0.6) is 5.75 Å². The normalized spacial score (nSPS) is 19.3. The number of nitrogens with one attached hydrogen (secondary N) is 1. The highest BCUT2D eigenvalue weighted by atomic mass is 19.1. The van der Waals surface area contributed by atoms with Gasteiger partial charge in [0.25, 0.3) is 5.91 Å². The number of aliphatic hydroxyl groups excluding tert-OH is 1. The number of ether oxygens (including phenoxy) is 1. The number of carbonyl (C=O) groups excluding carboxylic acids is 1. The quantitative estimate of drug-likeness (QED) is 0.787. The van der Waals surface area contributed by atoms with Gasteiger partial charge in [-0.2, -0.15) is 0 Å². The van der Waals surface area contributed by atoms with E-state index in [1.54, 1.807) is 19.0 Å². The second-order valence-corrected chi connectivity index (χ2v) is 7.34. The maximum Gasteiger partial charge on any atom is 0.259 e. The Kier molecular flexibility index (Phi) is 6.18. The van der Waals surface area contributed by atoms with Gasteiger partial charge in [0.15, 0.2) is 23.1 Å². The van der Waals surface area contributed by atoms with E-state index < -0.39 is 5.82 Å². The lowest BCUT2D eigenvalue weighted by Gasteiger charge is -2.28. The fourth-order valence-electron chi connectivity index (χ4n) is 3.64. The average molecular weight is 391 g/mol. The first kappa shape index (κ1) is 20.1. The van der Waals surface area contributed by atoms with E-state index in [0.29, 0.717) is 16.9 Å². The third-order valence-electron chi connectivity index (χ3n) is 5.11. The number of anilines is 1. The highest BCUT2D eigenvalue weighted by Gasteiger charge is 2.29. The lowest BCUT2D eigenvalue weighted by molar-refractivity contribution is 0.0906. The molecule has 1 fully saturated rings. The van der Waals surface area contributed by atoms with Crippen molar-refractivity contribution in [3.8, 4) is 17.1 Å². The van der Waals surface area contributed by atoms with Gasteiger partial charge in [-0.05, 0) is 43.4 Å². The number of halogens is 1. The third kappa shape index (κ3) is 4.11. The topological polar surface area (TPSA) is 87.8 Å². The Balaban J connectivity index is 1.93. The van der Waals surface area contributed by atoms with Gasteiger partial charge in [-0.1, -0.05) is 11.6 Å². The summed E-state index contributed by atoms with van der Waals surface area (Å²) in [7, 11) is 4.92. The molecule has 0 bridgehead atoms. The molecule has 1 aromatic heterocycles. The van der Waals surface area contributed by atoms with Crippen LogP contribution in [0, 0.1) is 11.7 Å². The zero-order valence-electron chi connectivity index (χ0n) is 16.4. The number of carbonyl (C=O) groups is 1. The monoisotopic (exact) mass is 391 g/mol. The molecule has 0 saturated heterocycles. The van der Waals surface area contributed by atoms with Crippen LogP contribution in [-0.4, -0.2) is 50.0 Å². The van der Waals surface area contributed by atoms with Crippen LogP contribution in [-0.2, 0) is 0 Å². The lowest BCUT2D eigenvalue weighted by Crippen LogP contribution is -2.39. The maximum atomic E-state index is 13.8. The Bertz CT molecular complexity index is 837. The molecular weight excluding hydrogens is 365 g/mol. The minimum absolute atomic E-state index is 0.0149. The van der Waals surface area contributed by atoms with E-state index in [1.165, 1.54) is 25.3 Å². The van der Waals surface area contributed by atoms with Crippen molar-refractivity contribution in [2.75, 3.05) is 32.7 Å². The predicted octanol–water partition coefficient (Wildman–Crippen LogP) is 2.84. The Hall–Kier alpha value is -2.61. The molecule has 1 amide bonds. The van der Waals surface area contributed by atoms with Gasteiger partial charge in [0.05, 0.1) is 7.11 Å². The summed E-state index contributed by atoms with van der Waals surface area (Å²) in [6.45, 7) is 0.128. The molecule has 3 rings (SSSR count). The molecule has 0 spiro atoms. The Morgan fingerprint density at radius 2 is 2.21 bits per heavy atom. The molecule has 7 nitrogen and oxygen atoms in total. The molecule has 28 heavy (non-hydrogen) atoms. The van der Waals surface area contributed by atoms with Gasteiger partial charge < -0.3 is 24.6 Å². The first-order chi connectivity index (χ1) is 13.4. The zero-order chi connectivity index (χ0) is 20.3. The van der Waals surface area contributed by atoms with Crippen molar-refractivity contribution in [2.24, 2.45) is 5.92 Å². The van der Waals surface area contributed by atoms with Gasteiger partial charge in [0.2, 0.25) is 0 Å². The van der Waals surface area contributed by atoms with Gasteiger partial charge in [-0.3, -0.25) is 4.79 Å². The number of aromatic nitrogens is 1. The van der Waals surface area contributed by atoms with Crippen LogP contribution < -0.4 is 15.0 Å². The summed E-state index contributed by atoms with van der Waals surface area (Å²) >= 11 is 0. The molecule has 2 N–H and O–H groups in total. The van der Waals surface area contributed by atoms with Crippen molar-refractivity contribution in [2.45, 2.75) is 31.7 Å². The van der Waals surface area contributed by atoms with Crippen LogP contribution in [0.25, 0.3) is 11.3 Å². The summed E-state index contributed by atoms with van der Waals surface area (Å²) in [5, 5.41) is 16.5. The van der Waals surface area contributed by atoms with Crippen LogP contribution in [0.4, 0.5) is 10.2 Å². The van der Waals surface area contributed by atoms with E-state index in [0.717, 1.165) is 25.7 Å². The van der Waals surface area contributed by atoms with Crippen LogP contribution in [0.3, 0.4) is 0 Å². The van der Waals surface area contributed by atoms with Gasteiger partial charge in [0.1, 0.15) is 5.56 Å². The van der Waals surface area contributed by atoms with Gasteiger partial charge >= 0.3 is 0 Å². The molecule has 8 heteroatoms. The van der Waals surface area contributed by atoms with Crippen LogP contribution in [0.15, 0.2) is 22.7 Å². The standard InChI is InChI=1S/C20H26FN3O4/c1-24(2)19-17(20(26)22-14-6-4-5-12(9-14)11-25)18(28-23-19)13-7-8-15(21)16(10-13)27-3/h7-8,10,12,14,25H,4-6,9,11H2,1-3H3,(H,22,26)/t12-,14+/m1/s1. The van der Waals surface area contributed by atoms with Crippen LogP contribution in [0.1, 0.15) is 36.0 Å². The highest BCUT2D eigenvalue weighted by molar-refractivity contribution is 6.04. The predicted molar refractivity (Wildman–Crippen MR) is 103 cm³/mol. The molecule has 2 atom stereocenters. The van der Waals surface area contributed by atoms with E-state index in [4.69, 9.17) is 9.26 Å². The summed E-state index contributed by atoms with van der Waals surface area (Å²) in [5.41, 5.74) is 0.797. The Morgan fingerprint density at radius 3 is 2.89 bits per heavy atom. The molecule has 0 aliphatic heterocycles. The second-order valence-electron chi connectivity index (χ2n) is 7.34. The summed E-state index contributed by atoms with van der Waals surface area (Å²) in [4.78, 5) is 14.8. The lowest BCUT2D eigenvalue weighted by atomic mass is 9.86. The van der Waals surface area contributed by atoms with E-state index in [9.17, 15) is 14.3 Å². The van der Waals surface area contributed by atoms with Crippen molar-refractivity contribution in [3.05, 3.63) is 29.6 Å². The first-order valence-corrected chi connectivity index (χ1v) is 9.37. The maximum absolute atomic E-state index is 13.8. The fourth-order valence-corrected chi connectivity index (χ4v) is 3.64. The number of methoxy groups -OCH3 is 1. The average Bonchev–Trinajstić information content (AvgIpc) is 3.14. The number of amides is 1. The zero-order valence-corrected chi connectivity index (χ0v) is 16.4. The SMILES string of the molecule is COc1cc(-c2onc(N(C)C)c2C(=O)N[C@H]2CCC[C@@H](CO)C2)ccc1F. The summed E-state index contributed by atoms with van der Waals surface area (Å²) in [5.74, 6) is 0.119. The third-order valence-corrected chi connectivity index (χ3v) is 5.11. The fraction of sp³-hybridized carbons (Fsp3) is 0.500. The number of hydrogen-bond acceptors (Lipinski definition) is 6. The van der Waals surface area contributed by atoms with Gasteiger partial charge in [-0.15, -0.1) is 0 Å². The second kappa shape index (κ2) is 8.60. The minimum Gasteiger partial charge on any atom is -0.494 e. The molecule has 1 aliphatic rings. The number of rotatable bonds is 6. The molecule has 152 valence electrons. The molecule has 1 heterocycles. The largest absolute Gasteiger partial charge is 0.494 e. The molecule has 0 radical (unpaired) electrons. The Labute approximate surface area is 163 Å². The summed E-state index contributed by atoms with van der Waals surface area (Å²) in [6.07, 6.45) is 3.54. The van der Waals surface area contributed by atoms with Crippen molar-refractivity contribution in [1.82, 2.24) is 10.5 Å². The van der Waals surface area contributed by atoms with Crippen LogP contribution in [0.2, 0.25) is 0 Å². The number of aliphatic hydroxyl groups is 1. The molecule has 2 aromatic rings. The minimum atomic E-state index is -0.498. The van der Waals surface area contributed by atoms with E-state index in [1.807, 2.05) is 0 Å². The van der Waals surface area contributed by atoms with Crippen LogP contribution >= 0.6 is 0 Å². The Morgan fingerprint density at radius 1 is 1.43 bits per heavy atom. The molecule has 0 unspecified atom stereocenters. The summed E-state index contributed by atoms with van der Waals surface area (Å²) < 4.78 is 24.3. The van der Waals surface area contributed by atoms with Crippen molar-refractivity contribution < 1.29 is 23.6 Å². The number of hydrogen-bond donors (Lipinski definition) is 2. The number of nitrogens with zero attached hydrogens (tertiary/aromatic N) is 2. The van der Waals surface area contributed by atoms with Gasteiger partial charge in [-0.25, -0.2) is 4.39 Å².